The normalized spacial score (nSPS) is 22.5. The van der Waals surface area contributed by atoms with Crippen LogP contribution in [-0.4, -0.2) is 24.4 Å². The van der Waals surface area contributed by atoms with Crippen molar-refractivity contribution >= 4 is 11.8 Å². The third-order valence-corrected chi connectivity index (χ3v) is 7.04. The molecule has 2 atom stereocenters. The molecule has 0 heterocycles. The van der Waals surface area contributed by atoms with E-state index in [1.165, 1.54) is 51.4 Å². The predicted molar refractivity (Wildman–Crippen MR) is 137 cm³/mol. The second-order valence-electron chi connectivity index (χ2n) is 11.6. The van der Waals surface area contributed by atoms with Crippen LogP contribution in [0.15, 0.2) is 0 Å². The molecule has 2 amide bonds. The number of amides is 2. The summed E-state index contributed by atoms with van der Waals surface area (Å²) in [6.45, 7) is 12.1. The van der Waals surface area contributed by atoms with Crippen LogP contribution in [0.2, 0.25) is 0 Å². The van der Waals surface area contributed by atoms with Crippen LogP contribution in [0.25, 0.3) is 0 Å². The quantitative estimate of drug-likeness (QED) is 0.228. The number of hydrogen-bond donors (Lipinski definition) is 2. The maximum atomic E-state index is 12.5. The zero-order valence-corrected chi connectivity index (χ0v) is 22.1. The van der Waals surface area contributed by atoms with Crippen LogP contribution < -0.4 is 10.6 Å². The fourth-order valence-electron chi connectivity index (χ4n) is 5.70. The molecular weight excluding hydrogens is 396 g/mol. The molecule has 0 aromatic rings. The first kappa shape index (κ1) is 29.0. The van der Waals surface area contributed by atoms with E-state index in [0.29, 0.717) is 12.8 Å². The van der Waals surface area contributed by atoms with Gasteiger partial charge in [-0.3, -0.25) is 9.59 Å². The molecule has 1 fully saturated rings. The molecule has 32 heavy (non-hydrogen) atoms. The zero-order valence-electron chi connectivity index (χ0n) is 22.1. The number of nitrogens with one attached hydrogen (secondary N) is 2. The minimum Gasteiger partial charge on any atom is -0.356 e. The Labute approximate surface area is 199 Å². The van der Waals surface area contributed by atoms with E-state index < -0.39 is 0 Å². The summed E-state index contributed by atoms with van der Waals surface area (Å²) in [5.41, 5.74) is 0.214. The van der Waals surface area contributed by atoms with Crippen LogP contribution in [0.3, 0.4) is 0 Å². The summed E-state index contributed by atoms with van der Waals surface area (Å²) in [6, 6.07) is 0.215. The van der Waals surface area contributed by atoms with E-state index in [-0.39, 0.29) is 28.7 Å². The van der Waals surface area contributed by atoms with Gasteiger partial charge in [-0.25, -0.2) is 0 Å². The van der Waals surface area contributed by atoms with E-state index in [2.05, 4.69) is 45.3 Å². The highest BCUT2D eigenvalue weighted by Crippen LogP contribution is 2.45. The van der Waals surface area contributed by atoms with E-state index in [0.717, 1.165) is 51.5 Å². The van der Waals surface area contributed by atoms with Gasteiger partial charge in [0.15, 0.2) is 0 Å². The van der Waals surface area contributed by atoms with Gasteiger partial charge in [0.25, 0.3) is 0 Å². The molecule has 0 spiro atoms. The molecule has 0 aromatic heterocycles. The molecule has 4 heteroatoms. The second-order valence-corrected chi connectivity index (χ2v) is 11.6. The largest absolute Gasteiger partial charge is 0.356 e. The van der Waals surface area contributed by atoms with Gasteiger partial charge in [-0.05, 0) is 42.9 Å². The first-order chi connectivity index (χ1) is 15.2. The van der Waals surface area contributed by atoms with E-state index >= 15 is 0 Å². The Morgan fingerprint density at radius 1 is 0.719 bits per heavy atom. The maximum Gasteiger partial charge on any atom is 0.220 e. The van der Waals surface area contributed by atoms with Gasteiger partial charge in [-0.15, -0.1) is 0 Å². The lowest BCUT2D eigenvalue weighted by Crippen LogP contribution is -2.50. The lowest BCUT2D eigenvalue weighted by atomic mass is 9.62. The first-order valence-electron chi connectivity index (χ1n) is 13.8. The molecule has 4 nitrogen and oxygen atoms in total. The van der Waals surface area contributed by atoms with E-state index in [9.17, 15) is 9.59 Å². The lowest BCUT2D eigenvalue weighted by molar-refractivity contribution is -0.124. The summed E-state index contributed by atoms with van der Waals surface area (Å²) in [6.07, 6.45) is 18.9. The molecule has 2 N–H and O–H groups in total. The van der Waals surface area contributed by atoms with Crippen molar-refractivity contribution in [3.8, 4) is 0 Å². The Morgan fingerprint density at radius 3 is 1.78 bits per heavy atom. The Kier molecular flexibility index (Phi) is 14.2. The van der Waals surface area contributed by atoms with Crippen molar-refractivity contribution in [3.63, 3.8) is 0 Å². The topological polar surface area (TPSA) is 58.2 Å². The monoisotopic (exact) mass is 450 g/mol. The highest BCUT2D eigenvalue weighted by molar-refractivity contribution is 5.76. The van der Waals surface area contributed by atoms with Crippen LogP contribution in [0, 0.1) is 10.8 Å². The fourth-order valence-corrected chi connectivity index (χ4v) is 5.70. The van der Waals surface area contributed by atoms with Gasteiger partial charge in [0.1, 0.15) is 0 Å². The van der Waals surface area contributed by atoms with Crippen molar-refractivity contribution in [2.24, 2.45) is 10.8 Å². The predicted octanol–water partition coefficient (Wildman–Crippen LogP) is 7.31. The first-order valence-corrected chi connectivity index (χ1v) is 13.8. The third-order valence-electron chi connectivity index (χ3n) is 7.04. The lowest BCUT2D eigenvalue weighted by Gasteiger charge is -2.47. The minimum atomic E-state index is 0.0383. The Hall–Kier alpha value is -1.06. The van der Waals surface area contributed by atoms with Crippen molar-refractivity contribution in [2.45, 2.75) is 150 Å². The molecule has 1 rings (SSSR count). The average Bonchev–Trinajstić information content (AvgIpc) is 2.70. The van der Waals surface area contributed by atoms with Crippen molar-refractivity contribution in [3.05, 3.63) is 0 Å². The molecule has 1 saturated carbocycles. The van der Waals surface area contributed by atoms with Gasteiger partial charge in [0.05, 0.1) is 0 Å². The molecular formula is C28H54N2O2. The maximum absolute atomic E-state index is 12.5. The number of carbonyl (C=O) groups excluding carboxylic acids is 2. The van der Waals surface area contributed by atoms with Crippen molar-refractivity contribution in [1.82, 2.24) is 10.6 Å². The van der Waals surface area contributed by atoms with Crippen molar-refractivity contribution < 1.29 is 9.59 Å². The smallest absolute Gasteiger partial charge is 0.220 e. The summed E-state index contributed by atoms with van der Waals surface area (Å²) in [5.74, 6) is 0.395. The van der Waals surface area contributed by atoms with Crippen LogP contribution >= 0.6 is 0 Å². The molecule has 0 radical (unpaired) electrons. The van der Waals surface area contributed by atoms with Crippen molar-refractivity contribution in [1.29, 1.82) is 0 Å². The molecule has 2 unspecified atom stereocenters. The zero-order chi connectivity index (χ0) is 23.9. The summed E-state index contributed by atoms with van der Waals surface area (Å²) >= 11 is 0. The van der Waals surface area contributed by atoms with Gasteiger partial charge < -0.3 is 10.6 Å². The summed E-state index contributed by atoms with van der Waals surface area (Å²) < 4.78 is 0. The van der Waals surface area contributed by atoms with Gasteiger partial charge in [0, 0.05) is 25.4 Å². The fraction of sp³-hybridized carbons (Fsp3) is 0.929. The summed E-state index contributed by atoms with van der Waals surface area (Å²) in [5, 5.41) is 6.54. The Morgan fingerprint density at radius 2 is 1.22 bits per heavy atom. The Balaban J connectivity index is 2.37. The number of carbonyl (C=O) groups is 2. The van der Waals surface area contributed by atoms with Crippen LogP contribution in [0.4, 0.5) is 0 Å². The van der Waals surface area contributed by atoms with Gasteiger partial charge in [-0.1, -0.05) is 98.8 Å². The van der Waals surface area contributed by atoms with Gasteiger partial charge >= 0.3 is 0 Å². The van der Waals surface area contributed by atoms with Crippen molar-refractivity contribution in [2.75, 3.05) is 6.54 Å². The molecule has 188 valence electrons. The van der Waals surface area contributed by atoms with Crippen LogP contribution in [-0.2, 0) is 9.59 Å². The van der Waals surface area contributed by atoms with Gasteiger partial charge in [0.2, 0.25) is 11.8 Å². The third kappa shape index (κ3) is 13.5. The van der Waals surface area contributed by atoms with Crippen LogP contribution in [0.5, 0.6) is 0 Å². The van der Waals surface area contributed by atoms with E-state index in [4.69, 9.17) is 0 Å². The minimum absolute atomic E-state index is 0.0383. The van der Waals surface area contributed by atoms with Crippen LogP contribution in [0.1, 0.15) is 144 Å². The highest BCUT2D eigenvalue weighted by Gasteiger charge is 2.41. The standard InChI is InChI=1S/C28H54N2O2/c1-6-8-10-12-14-16-18-25(31)29-23-28(5)21-24(20-27(3,4)22-28)30-26(32)19-17-15-13-11-9-7-2/h24H,6-23H2,1-5H3,(H,29,31)(H,30,32). The van der Waals surface area contributed by atoms with Gasteiger partial charge in [-0.2, -0.15) is 0 Å². The summed E-state index contributed by atoms with van der Waals surface area (Å²) in [7, 11) is 0. The van der Waals surface area contributed by atoms with E-state index in [1.807, 2.05) is 0 Å². The second kappa shape index (κ2) is 15.7. The number of rotatable bonds is 17. The molecule has 0 aliphatic heterocycles. The highest BCUT2D eigenvalue weighted by atomic mass is 16.2. The number of unbranched alkanes of at least 4 members (excludes halogenated alkanes) is 10. The molecule has 1 aliphatic rings. The average molecular weight is 451 g/mol. The SMILES string of the molecule is CCCCCCCCC(=O)NCC1(C)CC(NC(=O)CCCCCCCC)CC(C)(C)C1. The number of hydrogen-bond acceptors (Lipinski definition) is 2. The molecule has 0 saturated heterocycles. The molecule has 0 bridgehead atoms. The summed E-state index contributed by atoms with van der Waals surface area (Å²) in [4.78, 5) is 24.9. The van der Waals surface area contributed by atoms with E-state index in [1.54, 1.807) is 0 Å². The Bertz CT molecular complexity index is 532. The molecule has 0 aromatic carbocycles. The molecule has 1 aliphatic carbocycles.